The van der Waals surface area contributed by atoms with Crippen molar-refractivity contribution in [3.8, 4) is 5.75 Å². The smallest absolute Gasteiger partial charge is 0.125 e. The molecule has 1 heterocycles. The molecule has 1 atom stereocenters. The molecule has 0 aliphatic carbocycles. The second-order valence-corrected chi connectivity index (χ2v) is 5.35. The van der Waals surface area contributed by atoms with Crippen molar-refractivity contribution < 1.29 is 9.47 Å². The zero-order chi connectivity index (χ0) is 13.7. The van der Waals surface area contributed by atoms with Crippen LogP contribution in [0.3, 0.4) is 0 Å². The first-order valence-electron chi connectivity index (χ1n) is 6.87. The largest absolute Gasteiger partial charge is 0.496 e. The van der Waals surface area contributed by atoms with E-state index in [-0.39, 0.29) is 0 Å². The van der Waals surface area contributed by atoms with Crippen molar-refractivity contribution in [2.24, 2.45) is 5.92 Å². The predicted octanol–water partition coefficient (Wildman–Crippen LogP) is 2.14. The van der Waals surface area contributed by atoms with Gasteiger partial charge in [-0.3, -0.25) is 0 Å². The van der Waals surface area contributed by atoms with Gasteiger partial charge in [0.15, 0.2) is 0 Å². The van der Waals surface area contributed by atoms with Crippen molar-refractivity contribution in [2.75, 3.05) is 39.6 Å². The van der Waals surface area contributed by atoms with Crippen LogP contribution < -0.4 is 10.5 Å². The number of nitrogens with two attached hydrogens (primary N) is 1. The van der Waals surface area contributed by atoms with Crippen LogP contribution in [0.4, 0.5) is 5.69 Å². The Balaban J connectivity index is 1.92. The van der Waals surface area contributed by atoms with Crippen LogP contribution in [0.15, 0.2) is 18.2 Å². The van der Waals surface area contributed by atoms with Crippen molar-refractivity contribution in [2.45, 2.75) is 19.4 Å². The summed E-state index contributed by atoms with van der Waals surface area (Å²) in [7, 11) is 3.83. The standard InChI is InChI=1S/C15H24N2O2/c1-17(9-12-4-3-7-19-11-12)10-13-5-6-14(16)8-15(13)18-2/h5-6,8,12H,3-4,7,9-11,16H2,1-2H3. The Morgan fingerprint density at radius 3 is 3.00 bits per heavy atom. The monoisotopic (exact) mass is 264 g/mol. The molecular formula is C15H24N2O2. The first-order chi connectivity index (χ1) is 9.19. The summed E-state index contributed by atoms with van der Waals surface area (Å²) in [5, 5.41) is 0. The van der Waals surface area contributed by atoms with E-state index in [0.717, 1.165) is 37.7 Å². The van der Waals surface area contributed by atoms with Crippen LogP contribution in [0.25, 0.3) is 0 Å². The minimum absolute atomic E-state index is 0.651. The van der Waals surface area contributed by atoms with E-state index >= 15 is 0 Å². The highest BCUT2D eigenvalue weighted by molar-refractivity contribution is 5.48. The Morgan fingerprint density at radius 1 is 1.47 bits per heavy atom. The van der Waals surface area contributed by atoms with E-state index in [0.29, 0.717) is 5.92 Å². The van der Waals surface area contributed by atoms with E-state index < -0.39 is 0 Å². The lowest BCUT2D eigenvalue weighted by Gasteiger charge is -2.27. The lowest BCUT2D eigenvalue weighted by molar-refractivity contribution is 0.0411. The number of rotatable bonds is 5. The quantitative estimate of drug-likeness (QED) is 0.828. The maximum absolute atomic E-state index is 5.77. The van der Waals surface area contributed by atoms with Crippen molar-refractivity contribution in [1.29, 1.82) is 0 Å². The summed E-state index contributed by atoms with van der Waals surface area (Å²) in [6, 6.07) is 5.85. The van der Waals surface area contributed by atoms with Gasteiger partial charge in [-0.25, -0.2) is 0 Å². The molecule has 4 nitrogen and oxygen atoms in total. The van der Waals surface area contributed by atoms with Gasteiger partial charge < -0.3 is 20.1 Å². The van der Waals surface area contributed by atoms with E-state index in [1.807, 2.05) is 18.2 Å². The highest BCUT2D eigenvalue weighted by Crippen LogP contribution is 2.23. The van der Waals surface area contributed by atoms with E-state index in [1.54, 1.807) is 7.11 Å². The summed E-state index contributed by atoms with van der Waals surface area (Å²) in [5.74, 6) is 1.52. The molecule has 1 aliphatic rings. The molecule has 19 heavy (non-hydrogen) atoms. The zero-order valence-electron chi connectivity index (χ0n) is 11.9. The zero-order valence-corrected chi connectivity index (χ0v) is 11.9. The average molecular weight is 264 g/mol. The third kappa shape index (κ3) is 4.11. The fourth-order valence-electron chi connectivity index (χ4n) is 2.64. The number of ether oxygens (including phenoxy) is 2. The molecular weight excluding hydrogens is 240 g/mol. The highest BCUT2D eigenvalue weighted by Gasteiger charge is 2.16. The first-order valence-corrected chi connectivity index (χ1v) is 6.87. The molecule has 1 aliphatic heterocycles. The number of benzene rings is 1. The second kappa shape index (κ2) is 6.78. The molecule has 1 aromatic carbocycles. The molecule has 106 valence electrons. The fourth-order valence-corrected chi connectivity index (χ4v) is 2.64. The Labute approximate surface area is 115 Å². The van der Waals surface area contributed by atoms with Gasteiger partial charge in [-0.2, -0.15) is 0 Å². The van der Waals surface area contributed by atoms with Crippen molar-refractivity contribution >= 4 is 5.69 Å². The number of methoxy groups -OCH3 is 1. The van der Waals surface area contributed by atoms with Gasteiger partial charge in [-0.05, 0) is 31.9 Å². The summed E-state index contributed by atoms with van der Waals surface area (Å²) in [5.41, 5.74) is 7.69. The Kier molecular flexibility index (Phi) is 5.05. The van der Waals surface area contributed by atoms with Gasteiger partial charge in [0.05, 0.1) is 13.7 Å². The molecule has 1 unspecified atom stereocenters. The minimum atomic E-state index is 0.651. The van der Waals surface area contributed by atoms with Crippen LogP contribution in [0.1, 0.15) is 18.4 Å². The van der Waals surface area contributed by atoms with E-state index in [1.165, 1.54) is 18.4 Å². The van der Waals surface area contributed by atoms with Crippen LogP contribution in [0, 0.1) is 5.92 Å². The van der Waals surface area contributed by atoms with Gasteiger partial charge in [-0.15, -0.1) is 0 Å². The molecule has 0 radical (unpaired) electrons. The SMILES string of the molecule is COc1cc(N)ccc1CN(C)CC1CCCOC1. The Hall–Kier alpha value is -1.26. The maximum Gasteiger partial charge on any atom is 0.125 e. The van der Waals surface area contributed by atoms with Crippen LogP contribution in [-0.2, 0) is 11.3 Å². The highest BCUT2D eigenvalue weighted by atomic mass is 16.5. The van der Waals surface area contributed by atoms with Crippen LogP contribution in [0.2, 0.25) is 0 Å². The minimum Gasteiger partial charge on any atom is -0.496 e. The summed E-state index contributed by atoms with van der Waals surface area (Å²) < 4.78 is 10.9. The van der Waals surface area contributed by atoms with Crippen molar-refractivity contribution in [3.63, 3.8) is 0 Å². The van der Waals surface area contributed by atoms with Gasteiger partial charge in [0.25, 0.3) is 0 Å². The summed E-state index contributed by atoms with van der Waals surface area (Å²) >= 11 is 0. The fraction of sp³-hybridized carbons (Fsp3) is 0.600. The number of hydrogen-bond acceptors (Lipinski definition) is 4. The molecule has 0 bridgehead atoms. The molecule has 4 heteroatoms. The van der Waals surface area contributed by atoms with E-state index in [4.69, 9.17) is 15.2 Å². The van der Waals surface area contributed by atoms with E-state index in [9.17, 15) is 0 Å². The molecule has 0 saturated carbocycles. The summed E-state index contributed by atoms with van der Waals surface area (Å²) in [6.45, 7) is 3.75. The molecule has 2 N–H and O–H groups in total. The van der Waals surface area contributed by atoms with Gasteiger partial charge in [-0.1, -0.05) is 6.07 Å². The van der Waals surface area contributed by atoms with Crippen LogP contribution in [-0.4, -0.2) is 38.8 Å². The molecule has 1 aromatic rings. The molecule has 0 spiro atoms. The molecule has 1 fully saturated rings. The first kappa shape index (κ1) is 14.2. The molecule has 1 saturated heterocycles. The van der Waals surface area contributed by atoms with Gasteiger partial charge >= 0.3 is 0 Å². The van der Waals surface area contributed by atoms with Crippen molar-refractivity contribution in [1.82, 2.24) is 4.90 Å². The Bertz CT molecular complexity index is 403. The third-order valence-electron chi connectivity index (χ3n) is 3.58. The normalized spacial score (nSPS) is 19.6. The molecule has 2 rings (SSSR count). The molecule has 0 amide bonds. The topological polar surface area (TPSA) is 47.7 Å². The number of hydrogen-bond donors (Lipinski definition) is 1. The van der Waals surface area contributed by atoms with E-state index in [2.05, 4.69) is 11.9 Å². The van der Waals surface area contributed by atoms with Gasteiger partial charge in [0.2, 0.25) is 0 Å². The van der Waals surface area contributed by atoms with Crippen molar-refractivity contribution in [3.05, 3.63) is 23.8 Å². The number of anilines is 1. The third-order valence-corrected chi connectivity index (χ3v) is 3.58. The van der Waals surface area contributed by atoms with Gasteiger partial charge in [0, 0.05) is 37.0 Å². The average Bonchev–Trinajstić information content (AvgIpc) is 2.42. The maximum atomic E-state index is 5.77. The lowest BCUT2D eigenvalue weighted by atomic mass is 10.0. The predicted molar refractivity (Wildman–Crippen MR) is 77.3 cm³/mol. The second-order valence-electron chi connectivity index (χ2n) is 5.35. The number of nitrogen functional groups attached to an aromatic ring is 1. The Morgan fingerprint density at radius 2 is 2.32 bits per heavy atom. The molecule has 0 aromatic heterocycles. The summed E-state index contributed by atoms with van der Waals surface area (Å²) in [4.78, 5) is 2.33. The number of nitrogens with zero attached hydrogens (tertiary/aromatic N) is 1. The van der Waals surface area contributed by atoms with Crippen LogP contribution in [0.5, 0.6) is 5.75 Å². The van der Waals surface area contributed by atoms with Crippen LogP contribution >= 0.6 is 0 Å². The van der Waals surface area contributed by atoms with Gasteiger partial charge in [0.1, 0.15) is 5.75 Å². The summed E-state index contributed by atoms with van der Waals surface area (Å²) in [6.07, 6.45) is 2.45. The lowest BCUT2D eigenvalue weighted by Crippen LogP contribution is -2.30.